The van der Waals surface area contributed by atoms with E-state index in [2.05, 4.69) is 9.97 Å². The summed E-state index contributed by atoms with van der Waals surface area (Å²) in [5, 5.41) is 1.28. The zero-order chi connectivity index (χ0) is 19.8. The molecule has 0 radical (unpaired) electrons. The molecule has 4 aromatic rings. The molecule has 0 spiro atoms. The molecule has 5 nitrogen and oxygen atoms in total. The lowest BCUT2D eigenvalue weighted by molar-refractivity contribution is 0.625. The molecule has 2 aromatic heterocycles. The fourth-order valence-electron chi connectivity index (χ4n) is 3.37. The highest BCUT2D eigenvalue weighted by atomic mass is 19.1. The Hall–Kier alpha value is -3.38. The fraction of sp³-hybridized carbons (Fsp3) is 0.136. The van der Waals surface area contributed by atoms with Crippen LogP contribution in [-0.4, -0.2) is 14.5 Å². The van der Waals surface area contributed by atoms with Gasteiger partial charge in [-0.2, -0.15) is 0 Å². The van der Waals surface area contributed by atoms with Gasteiger partial charge >= 0.3 is 0 Å². The van der Waals surface area contributed by atoms with Crippen LogP contribution in [0.15, 0.2) is 65.7 Å². The van der Waals surface area contributed by atoms with Crippen molar-refractivity contribution in [2.45, 2.75) is 19.9 Å². The van der Waals surface area contributed by atoms with Crippen molar-refractivity contribution in [3.8, 4) is 16.8 Å². The first-order valence-corrected chi connectivity index (χ1v) is 8.95. The number of halogens is 1. The second-order valence-corrected chi connectivity index (χ2v) is 6.77. The highest BCUT2D eigenvalue weighted by Crippen LogP contribution is 2.28. The van der Waals surface area contributed by atoms with Gasteiger partial charge in [0.1, 0.15) is 11.6 Å². The van der Waals surface area contributed by atoms with E-state index in [0.717, 1.165) is 16.5 Å². The minimum atomic E-state index is -0.416. The number of nitrogens with zero attached hydrogens (tertiary/aromatic N) is 3. The van der Waals surface area contributed by atoms with Gasteiger partial charge in [-0.05, 0) is 49.1 Å². The van der Waals surface area contributed by atoms with Crippen molar-refractivity contribution in [2.24, 2.45) is 5.73 Å². The second-order valence-electron chi connectivity index (χ2n) is 6.77. The standard InChI is InChI=1S/C22H19FN4O/c1-13(24)20-9-15-5-3-8-19(16-11-25-14(2)26-12-16)21(15)22(28)27(20)18-7-4-6-17(23)10-18/h3-13H,24H2,1-2H3. The van der Waals surface area contributed by atoms with Crippen LogP contribution in [-0.2, 0) is 0 Å². The largest absolute Gasteiger partial charge is 0.323 e. The van der Waals surface area contributed by atoms with E-state index in [4.69, 9.17) is 5.73 Å². The topological polar surface area (TPSA) is 73.8 Å². The van der Waals surface area contributed by atoms with Crippen LogP contribution < -0.4 is 11.3 Å². The maximum atomic E-state index is 13.9. The van der Waals surface area contributed by atoms with Crippen LogP contribution in [0.1, 0.15) is 24.5 Å². The van der Waals surface area contributed by atoms with E-state index in [1.165, 1.54) is 16.7 Å². The number of hydrogen-bond donors (Lipinski definition) is 1. The summed E-state index contributed by atoms with van der Waals surface area (Å²) in [6.07, 6.45) is 3.39. The van der Waals surface area contributed by atoms with Crippen LogP contribution in [0.4, 0.5) is 4.39 Å². The number of fused-ring (bicyclic) bond motifs is 1. The lowest BCUT2D eigenvalue weighted by Gasteiger charge is -2.18. The molecular weight excluding hydrogens is 355 g/mol. The van der Waals surface area contributed by atoms with Crippen molar-refractivity contribution in [3.63, 3.8) is 0 Å². The Labute approximate surface area is 161 Å². The molecule has 0 aliphatic carbocycles. The van der Waals surface area contributed by atoms with E-state index < -0.39 is 11.9 Å². The Morgan fingerprint density at radius 3 is 2.46 bits per heavy atom. The van der Waals surface area contributed by atoms with Crippen LogP contribution in [0.25, 0.3) is 27.6 Å². The van der Waals surface area contributed by atoms with Gasteiger partial charge in [-0.15, -0.1) is 0 Å². The summed E-state index contributed by atoms with van der Waals surface area (Å²) in [4.78, 5) is 22.1. The maximum absolute atomic E-state index is 13.9. The van der Waals surface area contributed by atoms with Gasteiger partial charge in [-0.1, -0.05) is 24.3 Å². The Morgan fingerprint density at radius 2 is 1.79 bits per heavy atom. The highest BCUT2D eigenvalue weighted by molar-refractivity contribution is 5.96. The van der Waals surface area contributed by atoms with Crippen molar-refractivity contribution in [2.75, 3.05) is 0 Å². The second kappa shape index (κ2) is 6.98. The molecule has 2 N–H and O–H groups in total. The van der Waals surface area contributed by atoms with Crippen molar-refractivity contribution in [1.29, 1.82) is 0 Å². The van der Waals surface area contributed by atoms with Crippen LogP contribution in [0.2, 0.25) is 0 Å². The minimum Gasteiger partial charge on any atom is -0.323 e. The van der Waals surface area contributed by atoms with Crippen molar-refractivity contribution < 1.29 is 4.39 Å². The summed E-state index contributed by atoms with van der Waals surface area (Å²) in [5.74, 6) is 0.237. The lowest BCUT2D eigenvalue weighted by Crippen LogP contribution is -2.26. The molecule has 4 rings (SSSR count). The molecule has 140 valence electrons. The quantitative estimate of drug-likeness (QED) is 0.590. The molecule has 1 atom stereocenters. The molecule has 0 aliphatic heterocycles. The Kier molecular flexibility index (Phi) is 4.49. The van der Waals surface area contributed by atoms with E-state index in [1.807, 2.05) is 24.3 Å². The first kappa shape index (κ1) is 18.0. The number of aromatic nitrogens is 3. The van der Waals surface area contributed by atoms with Crippen molar-refractivity contribution >= 4 is 10.8 Å². The summed E-state index contributed by atoms with van der Waals surface area (Å²) in [6.45, 7) is 3.60. The fourth-order valence-corrected chi connectivity index (χ4v) is 3.37. The molecule has 0 saturated heterocycles. The van der Waals surface area contributed by atoms with E-state index >= 15 is 0 Å². The molecule has 0 saturated carbocycles. The molecule has 6 heteroatoms. The summed E-state index contributed by atoms with van der Waals surface area (Å²) < 4.78 is 15.3. The van der Waals surface area contributed by atoms with Crippen LogP contribution in [0.3, 0.4) is 0 Å². The monoisotopic (exact) mass is 374 g/mol. The average molecular weight is 374 g/mol. The van der Waals surface area contributed by atoms with Gasteiger partial charge in [0.25, 0.3) is 5.56 Å². The molecule has 0 bridgehead atoms. The summed E-state index contributed by atoms with van der Waals surface area (Å²) >= 11 is 0. The maximum Gasteiger partial charge on any atom is 0.263 e. The number of aryl methyl sites for hydroxylation is 1. The normalized spacial score (nSPS) is 12.3. The average Bonchev–Trinajstić information content (AvgIpc) is 2.68. The van der Waals surface area contributed by atoms with E-state index in [-0.39, 0.29) is 5.56 Å². The molecule has 0 amide bonds. The van der Waals surface area contributed by atoms with Gasteiger partial charge in [-0.3, -0.25) is 9.36 Å². The van der Waals surface area contributed by atoms with Gasteiger partial charge in [0, 0.05) is 29.7 Å². The molecule has 1 unspecified atom stereocenters. The van der Waals surface area contributed by atoms with E-state index in [0.29, 0.717) is 22.6 Å². The van der Waals surface area contributed by atoms with Gasteiger partial charge in [0.05, 0.1) is 11.1 Å². The minimum absolute atomic E-state index is 0.258. The predicted molar refractivity (Wildman–Crippen MR) is 108 cm³/mol. The van der Waals surface area contributed by atoms with Gasteiger partial charge in [0.2, 0.25) is 0 Å². The van der Waals surface area contributed by atoms with Crippen LogP contribution >= 0.6 is 0 Å². The molecule has 0 aliphatic rings. The lowest BCUT2D eigenvalue weighted by atomic mass is 9.99. The Balaban J connectivity index is 2.10. The summed E-state index contributed by atoms with van der Waals surface area (Å²) in [7, 11) is 0. The summed E-state index contributed by atoms with van der Waals surface area (Å²) in [5.41, 5.74) is 8.40. The number of pyridine rings is 1. The van der Waals surface area contributed by atoms with Gasteiger partial charge in [-0.25, -0.2) is 14.4 Å². The molecular formula is C22H19FN4O. The number of hydrogen-bond acceptors (Lipinski definition) is 4. The molecule has 28 heavy (non-hydrogen) atoms. The smallest absolute Gasteiger partial charge is 0.263 e. The zero-order valence-corrected chi connectivity index (χ0v) is 15.6. The Morgan fingerprint density at radius 1 is 1.07 bits per heavy atom. The van der Waals surface area contributed by atoms with E-state index in [1.54, 1.807) is 38.4 Å². The van der Waals surface area contributed by atoms with Gasteiger partial charge in [0.15, 0.2) is 0 Å². The number of benzene rings is 2. The van der Waals surface area contributed by atoms with Gasteiger partial charge < -0.3 is 5.73 Å². The summed E-state index contributed by atoms with van der Waals surface area (Å²) in [6, 6.07) is 13.0. The number of nitrogens with two attached hydrogens (primary N) is 1. The molecule has 2 heterocycles. The first-order chi connectivity index (χ1) is 13.5. The third kappa shape index (κ3) is 3.08. The van der Waals surface area contributed by atoms with Crippen molar-refractivity contribution in [3.05, 3.63) is 88.6 Å². The SMILES string of the molecule is Cc1ncc(-c2cccc3cc(C(C)N)n(-c4cccc(F)c4)c(=O)c23)cn1. The van der Waals surface area contributed by atoms with E-state index in [9.17, 15) is 9.18 Å². The third-order valence-corrected chi connectivity index (χ3v) is 4.70. The van der Waals surface area contributed by atoms with Crippen LogP contribution in [0, 0.1) is 12.7 Å². The predicted octanol–water partition coefficient (Wildman–Crippen LogP) is 3.91. The van der Waals surface area contributed by atoms with Crippen molar-refractivity contribution in [1.82, 2.24) is 14.5 Å². The Bertz CT molecular complexity index is 1230. The number of rotatable bonds is 3. The highest BCUT2D eigenvalue weighted by Gasteiger charge is 2.17. The third-order valence-electron chi connectivity index (χ3n) is 4.70. The molecule has 2 aromatic carbocycles. The van der Waals surface area contributed by atoms with Crippen LogP contribution in [0.5, 0.6) is 0 Å². The zero-order valence-electron chi connectivity index (χ0n) is 15.6. The first-order valence-electron chi connectivity index (χ1n) is 8.95. The molecule has 0 fully saturated rings.